The maximum absolute atomic E-state index is 8.81. The summed E-state index contributed by atoms with van der Waals surface area (Å²) < 4.78 is 0. The maximum Gasteiger partial charge on any atom is 0.0618 e. The summed E-state index contributed by atoms with van der Waals surface area (Å²) in [5, 5.41) is 8.81. The van der Waals surface area contributed by atoms with E-state index >= 15 is 0 Å². The lowest BCUT2D eigenvalue weighted by molar-refractivity contribution is 0.343. The molecule has 0 spiro atoms. The maximum atomic E-state index is 8.81. The number of aliphatic hydroxyl groups is 1. The second-order valence-corrected chi connectivity index (χ2v) is 4.90. The van der Waals surface area contributed by atoms with E-state index in [1.165, 1.54) is 11.1 Å². The third-order valence-corrected chi connectivity index (χ3v) is 2.60. The van der Waals surface area contributed by atoms with Crippen molar-refractivity contribution >= 4 is 5.57 Å². The summed E-state index contributed by atoms with van der Waals surface area (Å²) in [6.45, 7) is 8.74. The highest BCUT2D eigenvalue weighted by molar-refractivity contribution is 5.63. The van der Waals surface area contributed by atoms with Gasteiger partial charge in [-0.25, -0.2) is 0 Å². The zero-order valence-corrected chi connectivity index (χ0v) is 10.0. The monoisotopic (exact) mass is 204 g/mol. The van der Waals surface area contributed by atoms with Crippen molar-refractivity contribution in [1.82, 2.24) is 0 Å². The van der Waals surface area contributed by atoms with Crippen LogP contribution in [0.3, 0.4) is 0 Å². The van der Waals surface area contributed by atoms with Crippen LogP contribution in [0, 0.1) is 0 Å². The fourth-order valence-corrected chi connectivity index (χ4v) is 1.49. The zero-order chi connectivity index (χ0) is 11.5. The first kappa shape index (κ1) is 12.0. The highest BCUT2D eigenvalue weighted by atomic mass is 16.2. The Labute approximate surface area is 92.5 Å². The number of benzene rings is 1. The van der Waals surface area contributed by atoms with E-state index in [0.29, 0.717) is 0 Å². The summed E-state index contributed by atoms with van der Waals surface area (Å²) in [5.41, 5.74) is 3.84. The van der Waals surface area contributed by atoms with Crippen molar-refractivity contribution in [3.8, 4) is 0 Å². The second kappa shape index (κ2) is 4.63. The molecule has 82 valence electrons. The van der Waals surface area contributed by atoms with Gasteiger partial charge in [0.25, 0.3) is 0 Å². The van der Waals surface area contributed by atoms with Gasteiger partial charge in [0.2, 0.25) is 0 Å². The van der Waals surface area contributed by atoms with Crippen molar-refractivity contribution in [3.63, 3.8) is 0 Å². The van der Waals surface area contributed by atoms with Gasteiger partial charge in [0.15, 0.2) is 0 Å². The smallest absolute Gasteiger partial charge is 0.0618 e. The SMILES string of the molecule is C/C(=C/CO)c1ccc(C(C)(C)C)cc1. The molecule has 0 bridgehead atoms. The molecule has 1 aromatic carbocycles. The van der Waals surface area contributed by atoms with E-state index < -0.39 is 0 Å². The second-order valence-electron chi connectivity index (χ2n) is 4.90. The van der Waals surface area contributed by atoms with Crippen LogP contribution in [0.2, 0.25) is 0 Å². The van der Waals surface area contributed by atoms with E-state index in [9.17, 15) is 0 Å². The van der Waals surface area contributed by atoms with Crippen molar-refractivity contribution in [2.75, 3.05) is 6.61 Å². The van der Waals surface area contributed by atoms with Gasteiger partial charge in [0.05, 0.1) is 6.61 Å². The van der Waals surface area contributed by atoms with E-state index in [1.807, 2.05) is 13.0 Å². The van der Waals surface area contributed by atoms with Crippen LogP contribution in [-0.4, -0.2) is 11.7 Å². The van der Waals surface area contributed by atoms with Gasteiger partial charge in [0, 0.05) is 0 Å². The molecule has 0 saturated carbocycles. The van der Waals surface area contributed by atoms with E-state index in [1.54, 1.807) is 0 Å². The number of hydrogen-bond donors (Lipinski definition) is 1. The zero-order valence-electron chi connectivity index (χ0n) is 10.0. The van der Waals surface area contributed by atoms with Crippen molar-refractivity contribution < 1.29 is 5.11 Å². The lowest BCUT2D eigenvalue weighted by atomic mass is 9.86. The molecule has 1 N–H and O–H groups in total. The topological polar surface area (TPSA) is 20.2 Å². The van der Waals surface area contributed by atoms with E-state index in [-0.39, 0.29) is 12.0 Å². The van der Waals surface area contributed by atoms with Gasteiger partial charge in [-0.15, -0.1) is 0 Å². The van der Waals surface area contributed by atoms with Crippen LogP contribution in [0.1, 0.15) is 38.8 Å². The Bertz CT molecular complexity index is 339. The number of allylic oxidation sites excluding steroid dienone is 1. The van der Waals surface area contributed by atoms with Crippen molar-refractivity contribution in [2.45, 2.75) is 33.1 Å². The van der Waals surface area contributed by atoms with Crippen LogP contribution >= 0.6 is 0 Å². The Hall–Kier alpha value is -1.08. The number of hydrogen-bond acceptors (Lipinski definition) is 1. The van der Waals surface area contributed by atoms with E-state index in [2.05, 4.69) is 45.0 Å². The molecule has 0 aliphatic carbocycles. The van der Waals surface area contributed by atoms with Crippen LogP contribution in [0.25, 0.3) is 5.57 Å². The molecular formula is C14H20O. The molecule has 0 amide bonds. The molecule has 0 aliphatic rings. The Morgan fingerprint density at radius 3 is 2.13 bits per heavy atom. The summed E-state index contributed by atoms with van der Waals surface area (Å²) in [7, 11) is 0. The average Bonchev–Trinajstić information content (AvgIpc) is 2.17. The Morgan fingerprint density at radius 1 is 1.20 bits per heavy atom. The highest BCUT2D eigenvalue weighted by Gasteiger charge is 2.12. The Balaban J connectivity index is 2.96. The first-order chi connectivity index (χ1) is 6.95. The highest BCUT2D eigenvalue weighted by Crippen LogP contribution is 2.23. The van der Waals surface area contributed by atoms with Crippen LogP contribution < -0.4 is 0 Å². The molecule has 0 aliphatic heterocycles. The summed E-state index contributed by atoms with van der Waals surface area (Å²) in [6, 6.07) is 8.54. The van der Waals surface area contributed by atoms with Gasteiger partial charge in [-0.05, 0) is 29.0 Å². The molecule has 0 atom stereocenters. The largest absolute Gasteiger partial charge is 0.392 e. The van der Waals surface area contributed by atoms with Gasteiger partial charge in [0.1, 0.15) is 0 Å². The summed E-state index contributed by atoms with van der Waals surface area (Å²) in [4.78, 5) is 0. The summed E-state index contributed by atoms with van der Waals surface area (Å²) in [6.07, 6.45) is 1.83. The van der Waals surface area contributed by atoms with E-state index in [4.69, 9.17) is 5.11 Å². The molecule has 1 heteroatoms. The van der Waals surface area contributed by atoms with Crippen molar-refractivity contribution in [3.05, 3.63) is 41.5 Å². The number of rotatable bonds is 2. The minimum absolute atomic E-state index is 0.104. The molecule has 0 saturated heterocycles. The lowest BCUT2D eigenvalue weighted by Gasteiger charge is -2.19. The van der Waals surface area contributed by atoms with Crippen LogP contribution in [-0.2, 0) is 5.41 Å². The molecule has 0 heterocycles. The normalized spacial score (nSPS) is 13.0. The Morgan fingerprint density at radius 2 is 1.73 bits per heavy atom. The predicted molar refractivity (Wildman–Crippen MR) is 65.9 cm³/mol. The standard InChI is InChI=1S/C14H20O/c1-11(9-10-15)12-5-7-13(8-6-12)14(2,3)4/h5-9,15H,10H2,1-4H3/b11-9-. The van der Waals surface area contributed by atoms with Gasteiger partial charge >= 0.3 is 0 Å². The molecule has 0 aromatic heterocycles. The first-order valence-corrected chi connectivity index (χ1v) is 5.33. The molecule has 1 nitrogen and oxygen atoms in total. The fourth-order valence-electron chi connectivity index (χ4n) is 1.49. The minimum atomic E-state index is 0.104. The lowest BCUT2D eigenvalue weighted by Crippen LogP contribution is -2.10. The third kappa shape index (κ3) is 3.21. The van der Waals surface area contributed by atoms with Crippen LogP contribution in [0.4, 0.5) is 0 Å². The molecular weight excluding hydrogens is 184 g/mol. The van der Waals surface area contributed by atoms with Gasteiger partial charge in [-0.2, -0.15) is 0 Å². The minimum Gasteiger partial charge on any atom is -0.392 e. The predicted octanol–water partition coefficient (Wildman–Crippen LogP) is 3.38. The fraction of sp³-hybridized carbons (Fsp3) is 0.429. The molecule has 1 rings (SSSR count). The molecule has 0 unspecified atom stereocenters. The molecule has 15 heavy (non-hydrogen) atoms. The number of aliphatic hydroxyl groups excluding tert-OH is 1. The Kier molecular flexibility index (Phi) is 3.70. The van der Waals surface area contributed by atoms with Gasteiger partial charge in [-0.1, -0.05) is 51.1 Å². The first-order valence-electron chi connectivity index (χ1n) is 5.33. The van der Waals surface area contributed by atoms with Crippen LogP contribution in [0.15, 0.2) is 30.3 Å². The quantitative estimate of drug-likeness (QED) is 0.783. The molecule has 1 aromatic rings. The van der Waals surface area contributed by atoms with E-state index in [0.717, 1.165) is 5.57 Å². The van der Waals surface area contributed by atoms with Gasteiger partial charge in [-0.3, -0.25) is 0 Å². The third-order valence-electron chi connectivity index (χ3n) is 2.60. The van der Waals surface area contributed by atoms with Crippen molar-refractivity contribution in [1.29, 1.82) is 0 Å². The summed E-state index contributed by atoms with van der Waals surface area (Å²) in [5.74, 6) is 0. The summed E-state index contributed by atoms with van der Waals surface area (Å²) >= 11 is 0. The average molecular weight is 204 g/mol. The molecule has 0 radical (unpaired) electrons. The van der Waals surface area contributed by atoms with Crippen molar-refractivity contribution in [2.24, 2.45) is 0 Å². The van der Waals surface area contributed by atoms with Crippen LogP contribution in [0.5, 0.6) is 0 Å². The van der Waals surface area contributed by atoms with Gasteiger partial charge < -0.3 is 5.11 Å². The molecule has 0 fully saturated rings.